The molecule has 6 heteroatoms. The number of methoxy groups -OCH3 is 1. The lowest BCUT2D eigenvalue weighted by atomic mass is 10.1. The van der Waals surface area contributed by atoms with Gasteiger partial charge in [0.25, 0.3) is 0 Å². The molecule has 0 bridgehead atoms. The quantitative estimate of drug-likeness (QED) is 0.611. The van der Waals surface area contributed by atoms with Gasteiger partial charge in [-0.25, -0.2) is 0 Å². The van der Waals surface area contributed by atoms with E-state index in [4.69, 9.17) is 32.7 Å². The number of halogens is 2. The molecule has 0 aromatic heterocycles. The van der Waals surface area contributed by atoms with E-state index in [-0.39, 0.29) is 0 Å². The summed E-state index contributed by atoms with van der Waals surface area (Å²) in [6.07, 6.45) is 2.17. The number of benzene rings is 2. The third-order valence-electron chi connectivity index (χ3n) is 5.20. The Balaban J connectivity index is 1.54. The van der Waals surface area contributed by atoms with Crippen LogP contribution in [0.4, 0.5) is 0 Å². The van der Waals surface area contributed by atoms with Crippen molar-refractivity contribution >= 4 is 23.2 Å². The van der Waals surface area contributed by atoms with Gasteiger partial charge in [-0.1, -0.05) is 35.3 Å². The zero-order valence-corrected chi connectivity index (χ0v) is 18.1. The minimum Gasteiger partial charge on any atom is -0.493 e. The van der Waals surface area contributed by atoms with Gasteiger partial charge in [0.2, 0.25) is 0 Å². The fraction of sp³-hybridized carbons (Fsp3) is 0.455. The van der Waals surface area contributed by atoms with Crippen molar-refractivity contribution in [1.82, 2.24) is 9.80 Å². The van der Waals surface area contributed by atoms with Crippen LogP contribution in [-0.4, -0.2) is 56.7 Å². The van der Waals surface area contributed by atoms with Crippen molar-refractivity contribution in [2.75, 3.05) is 46.9 Å². The number of likely N-dealkylation sites (N-methyl/N-ethyl adjacent to an activating group) is 1. The van der Waals surface area contributed by atoms with Crippen molar-refractivity contribution in [2.45, 2.75) is 19.4 Å². The highest BCUT2D eigenvalue weighted by atomic mass is 35.5. The third kappa shape index (κ3) is 5.77. The molecule has 0 unspecified atom stereocenters. The molecule has 1 saturated heterocycles. The second-order valence-electron chi connectivity index (χ2n) is 7.22. The number of piperazine rings is 1. The van der Waals surface area contributed by atoms with Gasteiger partial charge >= 0.3 is 0 Å². The molecule has 0 N–H and O–H groups in total. The van der Waals surface area contributed by atoms with Gasteiger partial charge in [-0.3, -0.25) is 0 Å². The normalized spacial score (nSPS) is 15.6. The lowest BCUT2D eigenvalue weighted by molar-refractivity contribution is 0.153. The largest absolute Gasteiger partial charge is 0.493 e. The summed E-state index contributed by atoms with van der Waals surface area (Å²) in [6, 6.07) is 11.6. The molecule has 1 heterocycles. The second kappa shape index (κ2) is 10.4. The second-order valence-corrected chi connectivity index (χ2v) is 8.04. The van der Waals surface area contributed by atoms with Gasteiger partial charge in [0.1, 0.15) is 6.61 Å². The maximum absolute atomic E-state index is 6.22. The summed E-state index contributed by atoms with van der Waals surface area (Å²) < 4.78 is 11.5. The minimum atomic E-state index is 0.303. The summed E-state index contributed by atoms with van der Waals surface area (Å²) in [6.45, 7) is 6.09. The lowest BCUT2D eigenvalue weighted by Gasteiger charge is -2.32. The van der Waals surface area contributed by atoms with Gasteiger partial charge in [0.15, 0.2) is 11.5 Å². The van der Waals surface area contributed by atoms with Crippen LogP contribution in [0.1, 0.15) is 17.5 Å². The fourth-order valence-corrected chi connectivity index (χ4v) is 3.89. The van der Waals surface area contributed by atoms with Gasteiger partial charge in [-0.05, 0) is 56.3 Å². The molecule has 2 aromatic rings. The Morgan fingerprint density at radius 3 is 2.36 bits per heavy atom. The Hall–Kier alpha value is -1.46. The van der Waals surface area contributed by atoms with Gasteiger partial charge in [-0.15, -0.1) is 0 Å². The first-order chi connectivity index (χ1) is 13.6. The zero-order valence-electron chi connectivity index (χ0n) is 16.6. The smallest absolute Gasteiger partial charge is 0.161 e. The number of hydrogen-bond donors (Lipinski definition) is 0. The van der Waals surface area contributed by atoms with Crippen molar-refractivity contribution in [1.29, 1.82) is 0 Å². The van der Waals surface area contributed by atoms with Gasteiger partial charge in [0, 0.05) is 41.8 Å². The van der Waals surface area contributed by atoms with Crippen LogP contribution in [0, 0.1) is 0 Å². The molecule has 0 atom stereocenters. The summed E-state index contributed by atoms with van der Waals surface area (Å²) in [5, 5.41) is 1.21. The number of hydrogen-bond acceptors (Lipinski definition) is 4. The van der Waals surface area contributed by atoms with E-state index in [9.17, 15) is 0 Å². The molecule has 0 radical (unpaired) electrons. The van der Waals surface area contributed by atoms with E-state index in [1.807, 2.05) is 24.3 Å². The number of aryl methyl sites for hydroxylation is 1. The van der Waals surface area contributed by atoms with Gasteiger partial charge < -0.3 is 19.3 Å². The molecule has 0 amide bonds. The molecule has 0 aliphatic carbocycles. The van der Waals surface area contributed by atoms with E-state index in [0.29, 0.717) is 22.4 Å². The number of ether oxygens (including phenoxy) is 2. The molecule has 1 aliphatic heterocycles. The Morgan fingerprint density at radius 1 is 0.964 bits per heavy atom. The predicted molar refractivity (Wildman–Crippen MR) is 116 cm³/mol. The average Bonchev–Trinajstić information content (AvgIpc) is 2.69. The van der Waals surface area contributed by atoms with Crippen LogP contribution in [0.5, 0.6) is 11.5 Å². The molecule has 0 spiro atoms. The first-order valence-corrected chi connectivity index (χ1v) is 10.5. The van der Waals surface area contributed by atoms with Crippen LogP contribution in [0.2, 0.25) is 10.0 Å². The van der Waals surface area contributed by atoms with Crippen molar-refractivity contribution < 1.29 is 9.47 Å². The summed E-state index contributed by atoms with van der Waals surface area (Å²) in [4.78, 5) is 4.93. The molecular formula is C22H28Cl2N2O2. The van der Waals surface area contributed by atoms with Crippen molar-refractivity contribution in [3.63, 3.8) is 0 Å². The highest BCUT2D eigenvalue weighted by molar-refractivity contribution is 6.35. The van der Waals surface area contributed by atoms with E-state index in [0.717, 1.165) is 56.9 Å². The first kappa shape index (κ1) is 21.3. The van der Waals surface area contributed by atoms with Crippen LogP contribution in [-0.2, 0) is 13.0 Å². The first-order valence-electron chi connectivity index (χ1n) is 9.70. The topological polar surface area (TPSA) is 24.9 Å². The molecule has 1 aliphatic rings. The number of rotatable bonds is 8. The summed E-state index contributed by atoms with van der Waals surface area (Å²) in [5.74, 6) is 1.43. The Bertz CT molecular complexity index is 757. The van der Waals surface area contributed by atoms with Gasteiger partial charge in [-0.2, -0.15) is 0 Å². The summed E-state index contributed by atoms with van der Waals surface area (Å²) in [7, 11) is 3.85. The highest BCUT2D eigenvalue weighted by Crippen LogP contribution is 2.31. The zero-order chi connectivity index (χ0) is 19.9. The SMILES string of the molecule is COc1cc(CCCN2CCN(C)CC2)ccc1OCc1c(Cl)cccc1Cl. The maximum Gasteiger partial charge on any atom is 0.161 e. The van der Waals surface area contributed by atoms with Gasteiger partial charge in [0.05, 0.1) is 7.11 Å². The van der Waals surface area contributed by atoms with E-state index < -0.39 is 0 Å². The van der Waals surface area contributed by atoms with Crippen molar-refractivity contribution in [3.8, 4) is 11.5 Å². The summed E-state index contributed by atoms with van der Waals surface area (Å²) in [5.41, 5.74) is 2.04. The van der Waals surface area contributed by atoms with E-state index in [2.05, 4.69) is 29.0 Å². The fourth-order valence-electron chi connectivity index (χ4n) is 3.39. The Kier molecular flexibility index (Phi) is 7.86. The minimum absolute atomic E-state index is 0.303. The van der Waals surface area contributed by atoms with Crippen LogP contribution in [0.3, 0.4) is 0 Å². The molecule has 4 nitrogen and oxygen atoms in total. The van der Waals surface area contributed by atoms with E-state index in [1.54, 1.807) is 7.11 Å². The van der Waals surface area contributed by atoms with Crippen molar-refractivity contribution in [3.05, 3.63) is 57.6 Å². The lowest BCUT2D eigenvalue weighted by Crippen LogP contribution is -2.44. The molecule has 2 aromatic carbocycles. The molecule has 152 valence electrons. The third-order valence-corrected chi connectivity index (χ3v) is 5.91. The monoisotopic (exact) mass is 422 g/mol. The highest BCUT2D eigenvalue weighted by Gasteiger charge is 2.14. The van der Waals surface area contributed by atoms with Crippen LogP contribution >= 0.6 is 23.2 Å². The van der Waals surface area contributed by atoms with Crippen molar-refractivity contribution in [2.24, 2.45) is 0 Å². The number of nitrogens with zero attached hydrogens (tertiary/aromatic N) is 2. The standard InChI is InChI=1S/C22H28Cl2N2O2/c1-25-11-13-26(14-12-25)10-4-5-17-8-9-21(22(15-17)27-2)28-16-18-19(23)6-3-7-20(18)24/h3,6-9,15H,4-5,10-14,16H2,1-2H3. The Morgan fingerprint density at radius 2 is 1.68 bits per heavy atom. The van der Waals surface area contributed by atoms with Crippen LogP contribution < -0.4 is 9.47 Å². The molecule has 28 heavy (non-hydrogen) atoms. The van der Waals surface area contributed by atoms with E-state index >= 15 is 0 Å². The molecule has 0 saturated carbocycles. The molecule has 3 rings (SSSR count). The summed E-state index contributed by atoms with van der Waals surface area (Å²) >= 11 is 12.4. The molecular weight excluding hydrogens is 395 g/mol. The Labute approximate surface area is 177 Å². The maximum atomic E-state index is 6.22. The van der Waals surface area contributed by atoms with Crippen LogP contribution in [0.25, 0.3) is 0 Å². The molecule has 1 fully saturated rings. The predicted octanol–water partition coefficient (Wildman–Crippen LogP) is 4.76. The average molecular weight is 423 g/mol. The van der Waals surface area contributed by atoms with Crippen LogP contribution in [0.15, 0.2) is 36.4 Å². The van der Waals surface area contributed by atoms with E-state index in [1.165, 1.54) is 5.56 Å².